The van der Waals surface area contributed by atoms with E-state index in [0.717, 1.165) is 37.3 Å². The summed E-state index contributed by atoms with van der Waals surface area (Å²) in [6, 6.07) is 4.85. The second kappa shape index (κ2) is 8.25. The normalized spacial score (nSPS) is 13.7. The minimum Gasteiger partial charge on any atom is -0.369 e. The highest BCUT2D eigenvalue weighted by Crippen LogP contribution is 2.37. The van der Waals surface area contributed by atoms with Crippen molar-refractivity contribution in [3.05, 3.63) is 52.0 Å². The lowest BCUT2D eigenvalue weighted by Gasteiger charge is -2.16. The van der Waals surface area contributed by atoms with Crippen LogP contribution in [0.15, 0.2) is 46.2 Å². The van der Waals surface area contributed by atoms with E-state index in [1.54, 1.807) is 0 Å². The minimum atomic E-state index is -4.93. The molecule has 0 saturated heterocycles. The van der Waals surface area contributed by atoms with Crippen LogP contribution in [0.5, 0.6) is 0 Å². The maximum Gasteiger partial charge on any atom is 0.417 e. The first-order chi connectivity index (χ1) is 13.6. The predicted molar refractivity (Wildman–Crippen MR) is 105 cm³/mol. The molecule has 2 aromatic rings. The van der Waals surface area contributed by atoms with Crippen LogP contribution >= 0.6 is 23.2 Å². The molecule has 1 atom stereocenters. The number of primary amides is 1. The first-order valence-electron chi connectivity index (χ1n) is 7.79. The van der Waals surface area contributed by atoms with E-state index in [-0.39, 0.29) is 5.02 Å². The number of rotatable bonds is 6. The number of amides is 1. The number of hydrogen-bond donors (Lipinski definition) is 2. The molecule has 2 rings (SSSR count). The van der Waals surface area contributed by atoms with E-state index in [4.69, 9.17) is 28.9 Å². The number of anilines is 1. The van der Waals surface area contributed by atoms with Crippen LogP contribution in [-0.4, -0.2) is 28.0 Å². The Morgan fingerprint density at radius 3 is 2.20 bits per heavy atom. The topological polar surface area (TPSA) is 123 Å². The van der Waals surface area contributed by atoms with Gasteiger partial charge in [-0.2, -0.15) is 13.2 Å². The molecule has 0 spiro atoms. The van der Waals surface area contributed by atoms with Crippen LogP contribution in [0.4, 0.5) is 18.9 Å². The van der Waals surface area contributed by atoms with Gasteiger partial charge in [-0.3, -0.25) is 9.52 Å². The van der Waals surface area contributed by atoms with Crippen molar-refractivity contribution in [2.75, 3.05) is 4.72 Å². The van der Waals surface area contributed by atoms with E-state index in [1.165, 1.54) is 0 Å². The highest BCUT2D eigenvalue weighted by molar-refractivity contribution is 7.94. The quantitative estimate of drug-likeness (QED) is 0.623. The maximum absolute atomic E-state index is 13.0. The summed E-state index contributed by atoms with van der Waals surface area (Å²) in [5, 5.41) is -2.51. The largest absolute Gasteiger partial charge is 0.417 e. The van der Waals surface area contributed by atoms with Gasteiger partial charge in [0.15, 0.2) is 9.84 Å². The summed E-state index contributed by atoms with van der Waals surface area (Å²) in [5.74, 6) is -1.19. The third-order valence-electron chi connectivity index (χ3n) is 3.91. The molecular formula is C16H13Cl2F3N2O5S2. The molecule has 0 fully saturated rings. The number of nitrogens with two attached hydrogens (primary N) is 1. The van der Waals surface area contributed by atoms with E-state index in [1.807, 2.05) is 4.72 Å². The molecule has 1 amide bonds. The molecule has 0 saturated carbocycles. The van der Waals surface area contributed by atoms with Crippen molar-refractivity contribution in [1.29, 1.82) is 0 Å². The number of nitrogens with one attached hydrogen (secondary N) is 1. The summed E-state index contributed by atoms with van der Waals surface area (Å²) in [4.78, 5) is 9.87. The van der Waals surface area contributed by atoms with E-state index < -0.39 is 63.3 Å². The first kappa shape index (κ1) is 24.3. The van der Waals surface area contributed by atoms with Gasteiger partial charge < -0.3 is 5.73 Å². The molecule has 0 bridgehead atoms. The Labute approximate surface area is 179 Å². The van der Waals surface area contributed by atoms with Crippen LogP contribution in [0.1, 0.15) is 12.5 Å². The third kappa shape index (κ3) is 4.99. The highest BCUT2D eigenvalue weighted by atomic mass is 35.5. The molecule has 0 aromatic heterocycles. The van der Waals surface area contributed by atoms with Crippen LogP contribution in [0.3, 0.4) is 0 Å². The third-order valence-corrected chi connectivity index (χ3v) is 7.97. The molecule has 0 radical (unpaired) electrons. The molecule has 0 heterocycles. The monoisotopic (exact) mass is 504 g/mol. The lowest BCUT2D eigenvalue weighted by molar-refractivity contribution is -0.137. The van der Waals surface area contributed by atoms with Crippen molar-refractivity contribution in [3.8, 4) is 0 Å². The fourth-order valence-electron chi connectivity index (χ4n) is 2.27. The zero-order chi connectivity index (χ0) is 23.1. The molecular weight excluding hydrogens is 492 g/mol. The molecule has 164 valence electrons. The number of carbonyl (C=O) groups excluding carboxylic acids is 1. The van der Waals surface area contributed by atoms with Crippen LogP contribution in [0, 0.1) is 0 Å². The zero-order valence-electron chi connectivity index (χ0n) is 14.9. The maximum atomic E-state index is 13.0. The molecule has 0 aliphatic heterocycles. The summed E-state index contributed by atoms with van der Waals surface area (Å²) in [7, 11) is -9.15. The predicted octanol–water partition coefficient (Wildman–Crippen LogP) is 3.46. The Kier molecular flexibility index (Phi) is 6.67. The van der Waals surface area contributed by atoms with Gasteiger partial charge in [0.1, 0.15) is 5.25 Å². The van der Waals surface area contributed by atoms with Crippen molar-refractivity contribution in [2.24, 2.45) is 5.73 Å². The van der Waals surface area contributed by atoms with Crippen LogP contribution in [0.25, 0.3) is 0 Å². The molecule has 7 nitrogen and oxygen atoms in total. The number of benzene rings is 2. The zero-order valence-corrected chi connectivity index (χ0v) is 18.0. The summed E-state index contributed by atoms with van der Waals surface area (Å²) in [6.07, 6.45) is -4.93. The Balaban J connectivity index is 2.61. The highest BCUT2D eigenvalue weighted by Gasteiger charge is 2.35. The molecule has 1 unspecified atom stereocenters. The van der Waals surface area contributed by atoms with Crippen molar-refractivity contribution in [2.45, 2.75) is 28.1 Å². The number of sulfonamides is 1. The number of halogens is 5. The molecule has 2 aromatic carbocycles. The average molecular weight is 505 g/mol. The van der Waals surface area contributed by atoms with Gasteiger partial charge in [-0.1, -0.05) is 23.2 Å². The number of hydrogen-bond acceptors (Lipinski definition) is 5. The van der Waals surface area contributed by atoms with E-state index in [9.17, 15) is 34.8 Å². The smallest absolute Gasteiger partial charge is 0.369 e. The Morgan fingerprint density at radius 1 is 1.07 bits per heavy atom. The standard InChI is InChI=1S/C16H13Cl2F3N2O5S2/c1-8(15(22)24)29(25,26)14-5-2-9(17)6-13(14)23-30(27,28)10-3-4-12(18)11(7-10)16(19,20)21/h2-8,23H,1H3,(H2,22,24). The van der Waals surface area contributed by atoms with Crippen LogP contribution in [-0.2, 0) is 30.8 Å². The Hall–Kier alpha value is -2.02. The molecule has 30 heavy (non-hydrogen) atoms. The second-order valence-corrected chi connectivity index (χ2v) is 10.7. The number of alkyl halides is 3. The van der Waals surface area contributed by atoms with Gasteiger partial charge in [0.2, 0.25) is 5.91 Å². The number of sulfone groups is 1. The lowest BCUT2D eigenvalue weighted by atomic mass is 10.2. The van der Waals surface area contributed by atoms with Crippen molar-refractivity contribution >= 4 is 54.7 Å². The fourth-order valence-corrected chi connectivity index (χ4v) is 5.18. The van der Waals surface area contributed by atoms with Gasteiger partial charge in [0.05, 0.1) is 26.1 Å². The van der Waals surface area contributed by atoms with E-state index in [0.29, 0.717) is 6.07 Å². The van der Waals surface area contributed by atoms with Gasteiger partial charge in [-0.05, 0) is 43.3 Å². The van der Waals surface area contributed by atoms with E-state index in [2.05, 4.69) is 0 Å². The van der Waals surface area contributed by atoms with Crippen molar-refractivity contribution in [1.82, 2.24) is 0 Å². The average Bonchev–Trinajstić information content (AvgIpc) is 2.59. The van der Waals surface area contributed by atoms with Gasteiger partial charge in [0, 0.05) is 5.02 Å². The SMILES string of the molecule is CC(C(N)=O)S(=O)(=O)c1ccc(Cl)cc1NS(=O)(=O)c1ccc(Cl)c(C(F)(F)F)c1. The van der Waals surface area contributed by atoms with Gasteiger partial charge in [-0.25, -0.2) is 16.8 Å². The van der Waals surface area contributed by atoms with Gasteiger partial charge in [-0.15, -0.1) is 0 Å². The minimum absolute atomic E-state index is 0.0783. The van der Waals surface area contributed by atoms with Gasteiger partial charge >= 0.3 is 6.18 Å². The van der Waals surface area contributed by atoms with Gasteiger partial charge in [0.25, 0.3) is 10.0 Å². The molecule has 0 aliphatic rings. The number of carbonyl (C=O) groups is 1. The van der Waals surface area contributed by atoms with Crippen LogP contribution < -0.4 is 10.5 Å². The summed E-state index contributed by atoms with van der Waals surface area (Å²) < 4.78 is 91.5. The summed E-state index contributed by atoms with van der Waals surface area (Å²) >= 11 is 11.3. The molecule has 0 aliphatic carbocycles. The Morgan fingerprint density at radius 2 is 1.67 bits per heavy atom. The van der Waals surface area contributed by atoms with E-state index >= 15 is 0 Å². The second-order valence-electron chi connectivity index (χ2n) is 5.97. The Bertz CT molecular complexity index is 1220. The molecule has 14 heteroatoms. The fraction of sp³-hybridized carbons (Fsp3) is 0.188. The summed E-state index contributed by atoms with van der Waals surface area (Å²) in [5.41, 5.74) is 3.06. The van der Waals surface area contributed by atoms with Crippen molar-refractivity contribution in [3.63, 3.8) is 0 Å². The molecule has 3 N–H and O–H groups in total. The summed E-state index contributed by atoms with van der Waals surface area (Å²) in [6.45, 7) is 0.999. The van der Waals surface area contributed by atoms with Crippen LogP contribution in [0.2, 0.25) is 10.0 Å². The lowest BCUT2D eigenvalue weighted by Crippen LogP contribution is -2.33. The van der Waals surface area contributed by atoms with Crippen molar-refractivity contribution < 1.29 is 34.8 Å². The first-order valence-corrected chi connectivity index (χ1v) is 11.6.